The molecule has 9 heteroatoms. The number of urea groups is 1. The van der Waals surface area contributed by atoms with Crippen LogP contribution in [-0.4, -0.2) is 54.8 Å². The van der Waals surface area contributed by atoms with Gasteiger partial charge in [-0.25, -0.2) is 22.0 Å². The van der Waals surface area contributed by atoms with Crippen LogP contribution < -0.4 is 0 Å². The average Bonchev–Trinajstić information content (AvgIpc) is 3.01. The van der Waals surface area contributed by atoms with Crippen molar-refractivity contribution in [2.45, 2.75) is 44.2 Å². The lowest BCUT2D eigenvalue weighted by atomic mass is 9.79. The van der Waals surface area contributed by atoms with E-state index < -0.39 is 45.4 Å². The summed E-state index contributed by atoms with van der Waals surface area (Å²) in [4.78, 5) is 29.4. The number of imide groups is 1. The molecule has 34 heavy (non-hydrogen) atoms. The predicted molar refractivity (Wildman–Crippen MR) is 124 cm³/mol. The second-order valence-corrected chi connectivity index (χ2v) is 11.6. The number of nitrogens with zero attached hydrogens (tertiary/aromatic N) is 2. The van der Waals surface area contributed by atoms with E-state index in [1.165, 1.54) is 21.9 Å². The Balaban J connectivity index is 1.67. The highest BCUT2D eigenvalue weighted by atomic mass is 32.2. The SMILES string of the molecule is C[C@H]1[C@@H](c2ccccc2)N(C(=O)C[C@@H](c2cc(F)cc(F)c2)C2CCS(=O)(=O)CC2)C(=O)N1C. The number of carbonyl (C=O) groups excluding carboxylic acids is 2. The van der Waals surface area contributed by atoms with Gasteiger partial charge in [-0.3, -0.25) is 9.69 Å². The summed E-state index contributed by atoms with van der Waals surface area (Å²) in [6.45, 7) is 1.87. The number of rotatable bonds is 5. The van der Waals surface area contributed by atoms with Crippen molar-refractivity contribution in [2.75, 3.05) is 18.6 Å². The van der Waals surface area contributed by atoms with Gasteiger partial charge in [-0.15, -0.1) is 0 Å². The zero-order valence-electron chi connectivity index (χ0n) is 19.2. The third kappa shape index (κ3) is 4.85. The molecule has 2 aromatic rings. The normalized spacial score (nSPS) is 23.8. The highest BCUT2D eigenvalue weighted by Crippen LogP contribution is 2.40. The van der Waals surface area contributed by atoms with Gasteiger partial charge in [0, 0.05) is 19.5 Å². The van der Waals surface area contributed by atoms with Gasteiger partial charge < -0.3 is 4.90 Å². The molecule has 2 aliphatic heterocycles. The monoisotopic (exact) mass is 490 g/mol. The molecule has 3 atom stereocenters. The molecule has 4 rings (SSSR count). The fraction of sp³-hybridized carbons (Fsp3) is 0.440. The van der Waals surface area contributed by atoms with Crippen LogP contribution in [-0.2, 0) is 14.6 Å². The molecular formula is C25H28F2N2O4S. The molecule has 2 aliphatic rings. The van der Waals surface area contributed by atoms with Gasteiger partial charge in [-0.1, -0.05) is 30.3 Å². The van der Waals surface area contributed by atoms with Crippen LogP contribution in [0.3, 0.4) is 0 Å². The Morgan fingerprint density at radius 2 is 1.65 bits per heavy atom. The fourth-order valence-corrected chi connectivity index (χ4v) is 6.70. The maximum atomic E-state index is 14.1. The van der Waals surface area contributed by atoms with Crippen molar-refractivity contribution >= 4 is 21.8 Å². The van der Waals surface area contributed by atoms with Gasteiger partial charge in [-0.2, -0.15) is 0 Å². The van der Waals surface area contributed by atoms with E-state index in [-0.39, 0.29) is 29.9 Å². The predicted octanol–water partition coefficient (Wildman–Crippen LogP) is 4.29. The molecule has 182 valence electrons. The molecule has 0 bridgehead atoms. The van der Waals surface area contributed by atoms with Gasteiger partial charge in [0.25, 0.3) is 0 Å². The number of sulfone groups is 1. The number of likely N-dealkylation sites (N-methyl/N-ethyl adjacent to an activating group) is 1. The van der Waals surface area contributed by atoms with Gasteiger partial charge in [0.1, 0.15) is 21.5 Å². The summed E-state index contributed by atoms with van der Waals surface area (Å²) in [5.74, 6) is -2.90. The number of hydrogen-bond donors (Lipinski definition) is 0. The minimum absolute atomic E-state index is 0.0325. The lowest BCUT2D eigenvalue weighted by Crippen LogP contribution is -2.38. The molecule has 2 heterocycles. The van der Waals surface area contributed by atoms with E-state index in [9.17, 15) is 26.8 Å². The molecule has 6 nitrogen and oxygen atoms in total. The Morgan fingerprint density at radius 1 is 1.06 bits per heavy atom. The summed E-state index contributed by atoms with van der Waals surface area (Å²) in [5, 5.41) is 0. The topological polar surface area (TPSA) is 74.8 Å². The highest BCUT2D eigenvalue weighted by Gasteiger charge is 2.46. The molecule has 2 aromatic carbocycles. The number of halogens is 2. The number of carbonyl (C=O) groups is 2. The Labute approximate surface area is 198 Å². The van der Waals surface area contributed by atoms with Gasteiger partial charge in [0.05, 0.1) is 23.6 Å². The van der Waals surface area contributed by atoms with Crippen LogP contribution in [0.15, 0.2) is 48.5 Å². The molecule has 0 aliphatic carbocycles. The van der Waals surface area contributed by atoms with E-state index in [1.807, 2.05) is 37.3 Å². The molecule has 2 fully saturated rings. The van der Waals surface area contributed by atoms with Gasteiger partial charge in [0.2, 0.25) is 5.91 Å². The van der Waals surface area contributed by atoms with Gasteiger partial charge >= 0.3 is 6.03 Å². The largest absolute Gasteiger partial charge is 0.327 e. The number of hydrogen-bond acceptors (Lipinski definition) is 4. The summed E-state index contributed by atoms with van der Waals surface area (Å²) in [5.41, 5.74) is 1.12. The van der Waals surface area contributed by atoms with Crippen LogP contribution in [0.2, 0.25) is 0 Å². The van der Waals surface area contributed by atoms with Crippen LogP contribution in [0.4, 0.5) is 13.6 Å². The summed E-state index contributed by atoms with van der Waals surface area (Å²) >= 11 is 0. The Bertz CT molecular complexity index is 1150. The van der Waals surface area contributed by atoms with Crippen molar-refractivity contribution in [3.63, 3.8) is 0 Å². The third-order valence-corrected chi connectivity index (χ3v) is 8.85. The first-order valence-corrected chi connectivity index (χ1v) is 13.2. The first-order valence-electron chi connectivity index (χ1n) is 11.4. The lowest BCUT2D eigenvalue weighted by molar-refractivity contribution is -0.130. The summed E-state index contributed by atoms with van der Waals surface area (Å²) in [7, 11) is -1.52. The van der Waals surface area contributed by atoms with Crippen LogP contribution in [0.5, 0.6) is 0 Å². The standard InChI is InChI=1S/C25H28F2N2O4S/c1-16-24(18-6-4-3-5-7-18)29(25(31)28(16)2)23(30)15-22(17-8-10-34(32,33)11-9-17)19-12-20(26)14-21(27)13-19/h3-7,12-14,16-17,22,24H,8-11,15H2,1-2H3/t16-,22+,24-/m0/s1. The number of amides is 3. The highest BCUT2D eigenvalue weighted by molar-refractivity contribution is 7.91. The maximum Gasteiger partial charge on any atom is 0.327 e. The van der Waals surface area contributed by atoms with Crippen molar-refractivity contribution < 1.29 is 26.8 Å². The smallest absolute Gasteiger partial charge is 0.322 e. The van der Waals surface area contributed by atoms with Crippen LogP contribution >= 0.6 is 0 Å². The molecular weight excluding hydrogens is 462 g/mol. The summed E-state index contributed by atoms with van der Waals surface area (Å²) in [6, 6.07) is 11.2. The van der Waals surface area contributed by atoms with Crippen LogP contribution in [0, 0.1) is 17.6 Å². The van der Waals surface area contributed by atoms with E-state index >= 15 is 0 Å². The maximum absolute atomic E-state index is 14.1. The fourth-order valence-electron chi connectivity index (χ4n) is 5.17. The zero-order chi connectivity index (χ0) is 24.6. The lowest BCUT2D eigenvalue weighted by Gasteiger charge is -2.32. The van der Waals surface area contributed by atoms with Crippen molar-refractivity contribution in [1.29, 1.82) is 0 Å². The zero-order valence-corrected chi connectivity index (χ0v) is 20.0. The molecule has 2 saturated heterocycles. The van der Waals surface area contributed by atoms with Crippen molar-refractivity contribution in [3.05, 3.63) is 71.3 Å². The van der Waals surface area contributed by atoms with Crippen molar-refractivity contribution in [2.24, 2.45) is 5.92 Å². The number of benzene rings is 2. The Kier molecular flexibility index (Phi) is 6.75. The molecule has 0 spiro atoms. The molecule has 0 N–H and O–H groups in total. The molecule has 3 amide bonds. The first kappa shape index (κ1) is 24.3. The summed E-state index contributed by atoms with van der Waals surface area (Å²) < 4.78 is 52.1. The Morgan fingerprint density at radius 3 is 2.24 bits per heavy atom. The van der Waals surface area contributed by atoms with E-state index in [4.69, 9.17) is 0 Å². The van der Waals surface area contributed by atoms with Crippen molar-refractivity contribution in [3.8, 4) is 0 Å². The van der Waals surface area contributed by atoms with E-state index in [0.29, 0.717) is 18.4 Å². The quantitative estimate of drug-likeness (QED) is 0.627. The van der Waals surface area contributed by atoms with Crippen LogP contribution in [0.1, 0.15) is 49.3 Å². The molecule has 0 aromatic heterocycles. The van der Waals surface area contributed by atoms with Crippen molar-refractivity contribution in [1.82, 2.24) is 9.80 Å². The molecule has 0 unspecified atom stereocenters. The minimum atomic E-state index is -3.16. The molecule has 0 radical (unpaired) electrons. The second kappa shape index (κ2) is 9.44. The van der Waals surface area contributed by atoms with Gasteiger partial charge in [-0.05, 0) is 54.9 Å². The average molecular weight is 491 g/mol. The first-order chi connectivity index (χ1) is 16.1. The van der Waals surface area contributed by atoms with E-state index in [2.05, 4.69) is 0 Å². The second-order valence-electron chi connectivity index (χ2n) is 9.26. The minimum Gasteiger partial charge on any atom is -0.322 e. The van der Waals surface area contributed by atoms with E-state index in [1.54, 1.807) is 7.05 Å². The Hall–Kier alpha value is -2.81. The molecule has 0 saturated carbocycles. The van der Waals surface area contributed by atoms with Gasteiger partial charge in [0.15, 0.2) is 0 Å². The van der Waals surface area contributed by atoms with Crippen LogP contribution in [0.25, 0.3) is 0 Å². The summed E-state index contributed by atoms with van der Waals surface area (Å²) in [6.07, 6.45) is 0.443. The van der Waals surface area contributed by atoms with E-state index in [0.717, 1.165) is 11.6 Å². The third-order valence-electron chi connectivity index (χ3n) is 7.14.